The molecule has 2 heterocycles. The number of amides is 2. The zero-order chi connectivity index (χ0) is 28.2. The highest BCUT2D eigenvalue weighted by Crippen LogP contribution is 2.43. The van der Waals surface area contributed by atoms with Gasteiger partial charge in [-0.3, -0.25) is 14.5 Å². The highest BCUT2D eigenvalue weighted by molar-refractivity contribution is 6.06. The summed E-state index contributed by atoms with van der Waals surface area (Å²) in [5.41, 5.74) is 4.81. The van der Waals surface area contributed by atoms with Crippen molar-refractivity contribution in [1.29, 1.82) is 0 Å². The molecule has 0 bridgehead atoms. The van der Waals surface area contributed by atoms with Crippen LogP contribution in [0.25, 0.3) is 0 Å². The van der Waals surface area contributed by atoms with Gasteiger partial charge in [0.15, 0.2) is 5.76 Å². The van der Waals surface area contributed by atoms with Crippen LogP contribution in [0.15, 0.2) is 65.3 Å². The van der Waals surface area contributed by atoms with Gasteiger partial charge in [0.05, 0.1) is 25.5 Å². The molecule has 2 atom stereocenters. The van der Waals surface area contributed by atoms with Crippen molar-refractivity contribution in [3.63, 3.8) is 0 Å². The smallest absolute Gasteiger partial charge is 0.294 e. The van der Waals surface area contributed by atoms with Gasteiger partial charge in [0.1, 0.15) is 0 Å². The van der Waals surface area contributed by atoms with E-state index in [0.29, 0.717) is 24.8 Å². The highest BCUT2D eigenvalue weighted by Gasteiger charge is 2.40. The summed E-state index contributed by atoms with van der Waals surface area (Å²) in [5, 5.41) is 9.86. The van der Waals surface area contributed by atoms with Crippen LogP contribution in [-0.4, -0.2) is 53.6 Å². The Balaban J connectivity index is 1.54. The molecule has 2 amide bonds. The van der Waals surface area contributed by atoms with Gasteiger partial charge in [-0.1, -0.05) is 54.7 Å². The first kappa shape index (κ1) is 28.1. The highest BCUT2D eigenvalue weighted by atomic mass is 16.3. The number of furan rings is 1. The molecule has 7 nitrogen and oxygen atoms in total. The van der Waals surface area contributed by atoms with Crippen LogP contribution in [0.4, 0.5) is 11.4 Å². The Labute approximate surface area is 237 Å². The molecule has 1 aliphatic carbocycles. The first-order chi connectivity index (χ1) is 19.4. The molecular formula is C33H41N3O4. The van der Waals surface area contributed by atoms with Gasteiger partial charge in [-0.2, -0.15) is 0 Å². The van der Waals surface area contributed by atoms with Crippen molar-refractivity contribution >= 4 is 23.2 Å². The maximum absolute atomic E-state index is 14.4. The average Bonchev–Trinajstić information content (AvgIpc) is 3.50. The number of hydrogen-bond donors (Lipinski definition) is 1. The van der Waals surface area contributed by atoms with E-state index < -0.39 is 0 Å². The summed E-state index contributed by atoms with van der Waals surface area (Å²) in [6.07, 6.45) is 7.78. The Morgan fingerprint density at radius 3 is 2.40 bits per heavy atom. The molecule has 1 saturated carbocycles. The van der Waals surface area contributed by atoms with Crippen molar-refractivity contribution in [3.8, 4) is 0 Å². The third-order valence-corrected chi connectivity index (χ3v) is 8.47. The first-order valence-corrected chi connectivity index (χ1v) is 14.6. The van der Waals surface area contributed by atoms with Gasteiger partial charge in [-0.05, 0) is 75.9 Å². The normalized spacial score (nSPS) is 19.5. The Morgan fingerprint density at radius 1 is 1.00 bits per heavy atom. The van der Waals surface area contributed by atoms with Gasteiger partial charge in [0.25, 0.3) is 5.91 Å². The van der Waals surface area contributed by atoms with Crippen LogP contribution in [-0.2, 0) is 4.79 Å². The number of rotatable bonds is 8. The monoisotopic (exact) mass is 543 g/mol. The van der Waals surface area contributed by atoms with Gasteiger partial charge < -0.3 is 19.3 Å². The standard InChI is InChI=1S/C33H41N3O4/c1-23-11-14-27(15-12-23)36(32(38)22-34(17-18-37)26-8-5-4-6-9-26)30-21-25(3)35(33(39)31-10-7-19-40-31)29-16-13-24(2)20-28(29)30/h7,10-16,19-20,25-26,30,37H,4-6,8-9,17-18,21-22H2,1-3H3/t25-,30-/m0/s1. The fourth-order valence-corrected chi connectivity index (χ4v) is 6.44. The number of nitrogens with zero attached hydrogens (tertiary/aromatic N) is 3. The summed E-state index contributed by atoms with van der Waals surface area (Å²) in [6, 6.07) is 17.6. The number of aryl methyl sites for hydroxylation is 2. The fourth-order valence-electron chi connectivity index (χ4n) is 6.44. The summed E-state index contributed by atoms with van der Waals surface area (Å²) in [6.45, 7) is 6.88. The number of carbonyl (C=O) groups excluding carboxylic acids is 2. The second-order valence-electron chi connectivity index (χ2n) is 11.4. The number of carbonyl (C=O) groups is 2. The maximum Gasteiger partial charge on any atom is 0.294 e. The fraction of sp³-hybridized carbons (Fsp3) is 0.455. The van der Waals surface area contributed by atoms with Crippen molar-refractivity contribution in [2.45, 2.75) is 77.4 Å². The van der Waals surface area contributed by atoms with Crippen molar-refractivity contribution in [2.24, 2.45) is 0 Å². The summed E-state index contributed by atoms with van der Waals surface area (Å²) in [4.78, 5) is 33.8. The minimum Gasteiger partial charge on any atom is -0.459 e. The van der Waals surface area contributed by atoms with Crippen molar-refractivity contribution in [2.75, 3.05) is 29.5 Å². The number of benzene rings is 2. The van der Waals surface area contributed by atoms with E-state index in [1.807, 2.05) is 67.0 Å². The molecular weight excluding hydrogens is 502 g/mol. The van der Waals surface area contributed by atoms with E-state index >= 15 is 0 Å². The molecule has 1 N–H and O–H groups in total. The van der Waals surface area contributed by atoms with Crippen LogP contribution in [0.1, 0.15) is 78.7 Å². The molecule has 1 aromatic heterocycles. The van der Waals surface area contributed by atoms with Crippen molar-refractivity contribution in [3.05, 3.63) is 83.3 Å². The van der Waals surface area contributed by atoms with E-state index in [-0.39, 0.29) is 37.0 Å². The zero-order valence-corrected chi connectivity index (χ0v) is 23.9. The molecule has 1 fully saturated rings. The predicted molar refractivity (Wildman–Crippen MR) is 158 cm³/mol. The summed E-state index contributed by atoms with van der Waals surface area (Å²) in [5.74, 6) is 0.134. The first-order valence-electron chi connectivity index (χ1n) is 14.6. The predicted octanol–water partition coefficient (Wildman–Crippen LogP) is 6.04. The quantitative estimate of drug-likeness (QED) is 0.375. The van der Waals surface area contributed by atoms with Gasteiger partial charge in [-0.25, -0.2) is 0 Å². The molecule has 2 aromatic carbocycles. The van der Waals surface area contributed by atoms with E-state index in [9.17, 15) is 14.7 Å². The summed E-state index contributed by atoms with van der Waals surface area (Å²) in [7, 11) is 0. The minimum absolute atomic E-state index is 0.0124. The summed E-state index contributed by atoms with van der Waals surface area (Å²) >= 11 is 0. The lowest BCUT2D eigenvalue weighted by atomic mass is 9.88. The SMILES string of the molecule is Cc1ccc(N(C(=O)CN(CCO)C2CCCCC2)[C@H]2C[C@H](C)N(C(=O)c3ccco3)c3ccc(C)cc32)cc1. The minimum atomic E-state index is -0.247. The van der Waals surface area contributed by atoms with Gasteiger partial charge in [0, 0.05) is 30.0 Å². The Bertz CT molecular complexity index is 1300. The molecule has 0 radical (unpaired) electrons. The summed E-state index contributed by atoms with van der Waals surface area (Å²) < 4.78 is 5.47. The van der Waals surface area contributed by atoms with E-state index in [1.54, 1.807) is 12.1 Å². The van der Waals surface area contributed by atoms with Crippen LogP contribution < -0.4 is 9.80 Å². The number of anilines is 2. The molecule has 0 saturated heterocycles. The number of fused-ring (bicyclic) bond motifs is 1. The van der Waals surface area contributed by atoms with Crippen LogP contribution in [0, 0.1) is 13.8 Å². The second kappa shape index (κ2) is 12.4. The molecule has 5 rings (SSSR count). The van der Waals surface area contributed by atoms with Crippen LogP contribution in [0.5, 0.6) is 0 Å². The van der Waals surface area contributed by atoms with E-state index in [0.717, 1.165) is 53.7 Å². The van der Waals surface area contributed by atoms with Crippen LogP contribution in [0.2, 0.25) is 0 Å². The third kappa shape index (κ3) is 5.86. The molecule has 212 valence electrons. The van der Waals surface area contributed by atoms with Crippen molar-refractivity contribution in [1.82, 2.24) is 4.90 Å². The number of hydrogen-bond acceptors (Lipinski definition) is 5. The molecule has 0 unspecified atom stereocenters. The van der Waals surface area contributed by atoms with Gasteiger partial charge >= 0.3 is 0 Å². The van der Waals surface area contributed by atoms with E-state index in [2.05, 4.69) is 11.0 Å². The largest absolute Gasteiger partial charge is 0.459 e. The molecule has 0 spiro atoms. The lowest BCUT2D eigenvalue weighted by molar-refractivity contribution is -0.121. The number of aliphatic hydroxyl groups is 1. The third-order valence-electron chi connectivity index (χ3n) is 8.47. The molecule has 1 aliphatic heterocycles. The molecule has 7 heteroatoms. The number of aliphatic hydroxyl groups excluding tert-OH is 1. The lowest BCUT2D eigenvalue weighted by Crippen LogP contribution is -2.51. The maximum atomic E-state index is 14.4. The van der Waals surface area contributed by atoms with Crippen LogP contribution >= 0.6 is 0 Å². The molecule has 2 aliphatic rings. The topological polar surface area (TPSA) is 77.2 Å². The van der Waals surface area contributed by atoms with Gasteiger partial charge in [0.2, 0.25) is 5.91 Å². The van der Waals surface area contributed by atoms with E-state index in [1.165, 1.54) is 12.7 Å². The van der Waals surface area contributed by atoms with Crippen molar-refractivity contribution < 1.29 is 19.1 Å². The Morgan fingerprint density at radius 2 is 1.73 bits per heavy atom. The zero-order valence-electron chi connectivity index (χ0n) is 23.9. The molecule has 3 aromatic rings. The van der Waals surface area contributed by atoms with E-state index in [4.69, 9.17) is 4.42 Å². The average molecular weight is 544 g/mol. The Hall–Kier alpha value is -3.42. The molecule has 40 heavy (non-hydrogen) atoms. The second-order valence-corrected chi connectivity index (χ2v) is 11.4. The van der Waals surface area contributed by atoms with Gasteiger partial charge in [-0.15, -0.1) is 0 Å². The van der Waals surface area contributed by atoms with Crippen LogP contribution in [0.3, 0.4) is 0 Å². The lowest BCUT2D eigenvalue weighted by Gasteiger charge is -2.44. The Kier molecular flexibility index (Phi) is 8.72.